The Hall–Kier alpha value is -1.38. The Morgan fingerprint density at radius 3 is 2.65 bits per heavy atom. The van der Waals surface area contributed by atoms with E-state index in [1.54, 1.807) is 24.4 Å². The predicted octanol–water partition coefficient (Wildman–Crippen LogP) is 3.81. The molecule has 0 fully saturated rings. The molecule has 0 N–H and O–H groups in total. The topological polar surface area (TPSA) is 30.0 Å². The molecular weight excluding hydrogens is 257 g/mol. The Labute approximate surface area is 109 Å². The van der Waals surface area contributed by atoms with Crippen LogP contribution in [0.1, 0.15) is 16.1 Å². The summed E-state index contributed by atoms with van der Waals surface area (Å²) < 4.78 is 0. The maximum Gasteiger partial charge on any atom is 0.170 e. The van der Waals surface area contributed by atoms with E-state index in [-0.39, 0.29) is 12.2 Å². The van der Waals surface area contributed by atoms with Crippen molar-refractivity contribution in [1.29, 1.82) is 0 Å². The monoisotopic (exact) mass is 265 g/mol. The summed E-state index contributed by atoms with van der Waals surface area (Å²) in [6, 6.07) is 10.3. The molecular formula is C13H9Cl2NO. The summed E-state index contributed by atoms with van der Waals surface area (Å²) in [6.45, 7) is 0. The average molecular weight is 266 g/mol. The molecule has 0 radical (unpaired) electrons. The van der Waals surface area contributed by atoms with E-state index < -0.39 is 0 Å². The molecule has 17 heavy (non-hydrogen) atoms. The minimum absolute atomic E-state index is 0.0645. The Kier molecular flexibility index (Phi) is 3.77. The minimum atomic E-state index is -0.0645. The van der Waals surface area contributed by atoms with Gasteiger partial charge in [0.15, 0.2) is 5.78 Å². The fraction of sp³-hybridized carbons (Fsp3) is 0.0769. The molecule has 2 nitrogen and oxygen atoms in total. The largest absolute Gasteiger partial charge is 0.294 e. The molecule has 2 aromatic rings. The molecule has 4 heteroatoms. The Balaban J connectivity index is 2.21. The third kappa shape index (κ3) is 3.05. The lowest BCUT2D eigenvalue weighted by molar-refractivity contribution is 0.0992. The Bertz CT molecular complexity index is 540. The van der Waals surface area contributed by atoms with Gasteiger partial charge in [-0.15, -0.1) is 0 Å². The summed E-state index contributed by atoms with van der Waals surface area (Å²) in [5.41, 5.74) is 1.20. The zero-order valence-corrected chi connectivity index (χ0v) is 10.4. The molecule has 0 bridgehead atoms. The summed E-state index contributed by atoms with van der Waals surface area (Å²) in [4.78, 5) is 16.1. The number of aromatic nitrogens is 1. The molecule has 0 aliphatic carbocycles. The second-order valence-corrected chi connectivity index (χ2v) is 4.39. The molecule has 0 saturated carbocycles. The van der Waals surface area contributed by atoms with Crippen molar-refractivity contribution < 1.29 is 4.79 Å². The molecule has 1 aromatic carbocycles. The van der Waals surface area contributed by atoms with Gasteiger partial charge in [-0.2, -0.15) is 0 Å². The van der Waals surface area contributed by atoms with Gasteiger partial charge in [0.2, 0.25) is 0 Å². The van der Waals surface area contributed by atoms with Gasteiger partial charge in [-0.25, -0.2) is 0 Å². The average Bonchev–Trinajstić information content (AvgIpc) is 2.30. The summed E-state index contributed by atoms with van der Waals surface area (Å²) in [6.07, 6.45) is 1.90. The zero-order valence-electron chi connectivity index (χ0n) is 8.86. The van der Waals surface area contributed by atoms with E-state index in [1.165, 1.54) is 0 Å². The second-order valence-electron chi connectivity index (χ2n) is 3.55. The van der Waals surface area contributed by atoms with Crippen LogP contribution in [0, 0.1) is 0 Å². The van der Waals surface area contributed by atoms with Gasteiger partial charge >= 0.3 is 0 Å². The van der Waals surface area contributed by atoms with Gasteiger partial charge in [0.25, 0.3) is 0 Å². The lowest BCUT2D eigenvalue weighted by atomic mass is 10.1. The SMILES string of the molecule is O=C(Cc1ccccn1)c1ccc(Cl)cc1Cl. The van der Waals surface area contributed by atoms with Gasteiger partial charge in [-0.1, -0.05) is 29.3 Å². The number of hydrogen-bond acceptors (Lipinski definition) is 2. The van der Waals surface area contributed by atoms with Crippen molar-refractivity contribution in [2.24, 2.45) is 0 Å². The van der Waals surface area contributed by atoms with Crippen molar-refractivity contribution in [2.75, 3.05) is 0 Å². The molecule has 2 rings (SSSR count). The van der Waals surface area contributed by atoms with Crippen LogP contribution in [0.5, 0.6) is 0 Å². The summed E-state index contributed by atoms with van der Waals surface area (Å²) >= 11 is 11.7. The van der Waals surface area contributed by atoms with Crippen molar-refractivity contribution in [3.63, 3.8) is 0 Å². The first-order chi connectivity index (χ1) is 8.16. The first-order valence-electron chi connectivity index (χ1n) is 5.05. The number of carbonyl (C=O) groups excluding carboxylic acids is 1. The fourth-order valence-electron chi connectivity index (χ4n) is 1.48. The molecule has 0 unspecified atom stereocenters. The van der Waals surface area contributed by atoms with Gasteiger partial charge in [-0.05, 0) is 30.3 Å². The third-order valence-corrected chi connectivity index (χ3v) is 2.85. The molecule has 0 spiro atoms. The van der Waals surface area contributed by atoms with Gasteiger partial charge in [0.05, 0.1) is 11.4 Å². The highest BCUT2D eigenvalue weighted by molar-refractivity contribution is 6.36. The van der Waals surface area contributed by atoms with Crippen LogP contribution in [-0.2, 0) is 6.42 Å². The van der Waals surface area contributed by atoms with Crippen molar-refractivity contribution in [1.82, 2.24) is 4.98 Å². The third-order valence-electron chi connectivity index (χ3n) is 2.30. The van der Waals surface area contributed by atoms with Gasteiger partial charge in [0, 0.05) is 22.5 Å². The summed E-state index contributed by atoms with van der Waals surface area (Å²) in [5, 5.41) is 0.891. The van der Waals surface area contributed by atoms with Crippen LogP contribution in [0.4, 0.5) is 0 Å². The van der Waals surface area contributed by atoms with Crippen molar-refractivity contribution in [3.05, 3.63) is 63.9 Å². The summed E-state index contributed by atoms with van der Waals surface area (Å²) in [5.74, 6) is -0.0645. The smallest absolute Gasteiger partial charge is 0.170 e. The number of rotatable bonds is 3. The van der Waals surface area contributed by atoms with Crippen molar-refractivity contribution in [2.45, 2.75) is 6.42 Å². The number of Topliss-reactive ketones (excluding diaryl/α,β-unsaturated/α-hetero) is 1. The predicted molar refractivity (Wildman–Crippen MR) is 68.7 cm³/mol. The lowest BCUT2D eigenvalue weighted by Gasteiger charge is -2.03. The van der Waals surface area contributed by atoms with E-state index in [0.717, 1.165) is 5.69 Å². The lowest BCUT2D eigenvalue weighted by Crippen LogP contribution is -2.05. The van der Waals surface area contributed by atoms with Crippen molar-refractivity contribution in [3.8, 4) is 0 Å². The van der Waals surface area contributed by atoms with Crippen LogP contribution in [0.15, 0.2) is 42.6 Å². The minimum Gasteiger partial charge on any atom is -0.294 e. The number of benzene rings is 1. The number of hydrogen-bond donors (Lipinski definition) is 0. The molecule has 0 saturated heterocycles. The van der Waals surface area contributed by atoms with E-state index in [4.69, 9.17) is 23.2 Å². The summed E-state index contributed by atoms with van der Waals surface area (Å²) in [7, 11) is 0. The van der Waals surface area contributed by atoms with Gasteiger partial charge in [0.1, 0.15) is 0 Å². The van der Waals surface area contributed by atoms with Crippen LogP contribution in [-0.4, -0.2) is 10.8 Å². The number of nitrogens with zero attached hydrogens (tertiary/aromatic N) is 1. The molecule has 0 aliphatic rings. The number of ketones is 1. The quantitative estimate of drug-likeness (QED) is 0.790. The van der Waals surface area contributed by atoms with Crippen LogP contribution in [0.25, 0.3) is 0 Å². The van der Waals surface area contributed by atoms with Crippen LogP contribution >= 0.6 is 23.2 Å². The van der Waals surface area contributed by atoms with Crippen molar-refractivity contribution >= 4 is 29.0 Å². The Morgan fingerprint density at radius 1 is 1.18 bits per heavy atom. The second kappa shape index (κ2) is 5.30. The maximum absolute atomic E-state index is 12.0. The Morgan fingerprint density at radius 2 is 2.00 bits per heavy atom. The van der Waals surface area contributed by atoms with E-state index >= 15 is 0 Å². The molecule has 1 aromatic heterocycles. The molecule has 0 amide bonds. The molecule has 0 aliphatic heterocycles. The van der Waals surface area contributed by atoms with E-state index in [2.05, 4.69) is 4.98 Å². The van der Waals surface area contributed by atoms with Crippen LogP contribution in [0.2, 0.25) is 10.0 Å². The molecule has 1 heterocycles. The zero-order chi connectivity index (χ0) is 12.3. The van der Waals surface area contributed by atoms with Gasteiger partial charge < -0.3 is 0 Å². The van der Waals surface area contributed by atoms with Gasteiger partial charge in [-0.3, -0.25) is 9.78 Å². The highest BCUT2D eigenvalue weighted by Gasteiger charge is 2.11. The number of carbonyl (C=O) groups is 1. The highest BCUT2D eigenvalue weighted by Crippen LogP contribution is 2.22. The number of pyridine rings is 1. The standard InChI is InChI=1S/C13H9Cl2NO/c14-9-4-5-11(12(15)7-9)13(17)8-10-3-1-2-6-16-10/h1-7H,8H2. The van der Waals surface area contributed by atoms with Crippen LogP contribution < -0.4 is 0 Å². The first-order valence-corrected chi connectivity index (χ1v) is 5.80. The van der Waals surface area contributed by atoms with E-state index in [9.17, 15) is 4.79 Å². The molecule has 0 atom stereocenters. The molecule has 86 valence electrons. The van der Waals surface area contributed by atoms with Crippen LogP contribution in [0.3, 0.4) is 0 Å². The fourth-order valence-corrected chi connectivity index (χ4v) is 1.99. The van der Waals surface area contributed by atoms with E-state index in [0.29, 0.717) is 15.6 Å². The van der Waals surface area contributed by atoms with E-state index in [1.807, 2.05) is 18.2 Å². The normalized spacial score (nSPS) is 10.2. The number of halogens is 2. The first kappa shape index (κ1) is 12.1. The highest BCUT2D eigenvalue weighted by atomic mass is 35.5. The maximum atomic E-state index is 12.0.